The van der Waals surface area contributed by atoms with E-state index in [2.05, 4.69) is 5.32 Å². The van der Waals surface area contributed by atoms with Crippen molar-refractivity contribution in [2.24, 2.45) is 5.92 Å². The minimum Gasteiger partial charge on any atom is -0.347 e. The van der Waals surface area contributed by atoms with Gasteiger partial charge in [0.25, 0.3) is 5.91 Å². The van der Waals surface area contributed by atoms with Crippen molar-refractivity contribution < 1.29 is 22.4 Å². The lowest BCUT2D eigenvalue weighted by Crippen LogP contribution is -2.49. The van der Waals surface area contributed by atoms with Gasteiger partial charge in [0.2, 0.25) is 0 Å². The van der Waals surface area contributed by atoms with Crippen molar-refractivity contribution in [1.29, 1.82) is 0 Å². The van der Waals surface area contributed by atoms with Gasteiger partial charge in [0.05, 0.1) is 6.42 Å². The van der Waals surface area contributed by atoms with Gasteiger partial charge in [0.1, 0.15) is 5.82 Å². The van der Waals surface area contributed by atoms with Crippen LogP contribution in [-0.2, 0) is 0 Å². The van der Waals surface area contributed by atoms with Gasteiger partial charge in [-0.05, 0) is 42.8 Å². The number of carbonyl (C=O) groups is 1. The number of alkyl halides is 3. The van der Waals surface area contributed by atoms with Crippen molar-refractivity contribution in [3.63, 3.8) is 0 Å². The van der Waals surface area contributed by atoms with E-state index < -0.39 is 29.9 Å². The van der Waals surface area contributed by atoms with Gasteiger partial charge in [-0.2, -0.15) is 13.2 Å². The van der Waals surface area contributed by atoms with Crippen LogP contribution in [0.1, 0.15) is 55.8 Å². The SMILES string of the molecule is CC(CC1CCCC1)(CC(F)(F)F)NC(=O)c1ccc2c(F)cccc2c1. The summed E-state index contributed by atoms with van der Waals surface area (Å²) in [5, 5.41) is 3.53. The lowest BCUT2D eigenvalue weighted by Gasteiger charge is -2.34. The van der Waals surface area contributed by atoms with Crippen LogP contribution in [0.25, 0.3) is 10.8 Å². The smallest absolute Gasteiger partial charge is 0.347 e. The molecule has 1 saturated carbocycles. The summed E-state index contributed by atoms with van der Waals surface area (Å²) in [7, 11) is 0. The average Bonchev–Trinajstić information content (AvgIpc) is 3.05. The predicted molar refractivity (Wildman–Crippen MR) is 97.0 cm³/mol. The molecule has 1 atom stereocenters. The molecule has 0 heterocycles. The van der Waals surface area contributed by atoms with Crippen LogP contribution in [-0.4, -0.2) is 17.6 Å². The second-order valence-electron chi connectivity index (χ2n) is 7.84. The summed E-state index contributed by atoms with van der Waals surface area (Å²) in [5.41, 5.74) is -1.13. The van der Waals surface area contributed by atoms with E-state index in [9.17, 15) is 22.4 Å². The fourth-order valence-electron chi connectivity index (χ4n) is 4.19. The first-order valence-corrected chi connectivity index (χ1v) is 9.23. The quantitative estimate of drug-likeness (QED) is 0.632. The summed E-state index contributed by atoms with van der Waals surface area (Å²) in [5.74, 6) is -0.767. The first kappa shape index (κ1) is 19.6. The van der Waals surface area contributed by atoms with Gasteiger partial charge in [0, 0.05) is 16.5 Å². The number of hydrogen-bond acceptors (Lipinski definition) is 1. The molecule has 1 fully saturated rings. The van der Waals surface area contributed by atoms with E-state index >= 15 is 0 Å². The average molecular weight is 381 g/mol. The van der Waals surface area contributed by atoms with Crippen LogP contribution >= 0.6 is 0 Å². The molecule has 2 aromatic rings. The van der Waals surface area contributed by atoms with Crippen LogP contribution in [0.2, 0.25) is 0 Å². The molecule has 2 aromatic carbocycles. The van der Waals surface area contributed by atoms with E-state index in [0.29, 0.717) is 17.2 Å². The molecule has 0 bridgehead atoms. The highest BCUT2D eigenvalue weighted by atomic mass is 19.4. The highest BCUT2D eigenvalue weighted by Crippen LogP contribution is 2.37. The Bertz CT molecular complexity index is 827. The molecule has 3 rings (SSSR count). The van der Waals surface area contributed by atoms with Gasteiger partial charge in [-0.3, -0.25) is 4.79 Å². The Labute approximate surface area is 155 Å². The van der Waals surface area contributed by atoms with Crippen molar-refractivity contribution in [3.05, 3.63) is 47.8 Å². The molecule has 2 nitrogen and oxygen atoms in total. The molecular formula is C21H23F4NO. The molecule has 0 aromatic heterocycles. The largest absolute Gasteiger partial charge is 0.391 e. The highest BCUT2D eigenvalue weighted by molar-refractivity contribution is 5.99. The van der Waals surface area contributed by atoms with Crippen molar-refractivity contribution >= 4 is 16.7 Å². The van der Waals surface area contributed by atoms with Gasteiger partial charge in [-0.15, -0.1) is 0 Å². The number of halogens is 4. The fourth-order valence-corrected chi connectivity index (χ4v) is 4.19. The number of rotatable bonds is 5. The minimum atomic E-state index is -4.37. The first-order chi connectivity index (χ1) is 12.7. The number of benzene rings is 2. The van der Waals surface area contributed by atoms with Crippen molar-refractivity contribution in [1.82, 2.24) is 5.32 Å². The maximum atomic E-state index is 13.8. The molecular weight excluding hydrogens is 358 g/mol. The normalized spacial score (nSPS) is 17.8. The Morgan fingerprint density at radius 1 is 1.15 bits per heavy atom. The van der Waals surface area contributed by atoms with E-state index in [1.165, 1.54) is 37.3 Å². The number of nitrogens with one attached hydrogen (secondary N) is 1. The second kappa shape index (κ2) is 7.49. The number of hydrogen-bond donors (Lipinski definition) is 1. The Morgan fingerprint density at radius 3 is 2.52 bits per heavy atom. The monoisotopic (exact) mass is 381 g/mol. The van der Waals surface area contributed by atoms with Crippen molar-refractivity contribution in [2.45, 2.75) is 57.2 Å². The highest BCUT2D eigenvalue weighted by Gasteiger charge is 2.42. The molecule has 6 heteroatoms. The molecule has 1 aliphatic rings. The Balaban J connectivity index is 1.82. The van der Waals surface area contributed by atoms with Gasteiger partial charge in [-0.25, -0.2) is 4.39 Å². The van der Waals surface area contributed by atoms with Crippen LogP contribution in [0.5, 0.6) is 0 Å². The minimum absolute atomic E-state index is 0.198. The first-order valence-electron chi connectivity index (χ1n) is 9.23. The zero-order valence-corrected chi connectivity index (χ0v) is 15.2. The van der Waals surface area contributed by atoms with Crippen LogP contribution in [0.3, 0.4) is 0 Å². The van der Waals surface area contributed by atoms with E-state index in [-0.39, 0.29) is 11.5 Å². The van der Waals surface area contributed by atoms with Crippen molar-refractivity contribution in [2.75, 3.05) is 0 Å². The van der Waals surface area contributed by atoms with Gasteiger partial charge < -0.3 is 5.32 Å². The Hall–Kier alpha value is -2.11. The summed E-state index contributed by atoms with van der Waals surface area (Å²) in [6.45, 7) is 1.47. The lowest BCUT2D eigenvalue weighted by atomic mass is 9.84. The molecule has 0 spiro atoms. The summed E-state index contributed by atoms with van der Waals surface area (Å²) in [6.07, 6.45) is -1.27. The summed E-state index contributed by atoms with van der Waals surface area (Å²) >= 11 is 0. The maximum Gasteiger partial charge on any atom is 0.391 e. The molecule has 1 unspecified atom stereocenters. The van der Waals surface area contributed by atoms with Gasteiger partial charge in [-0.1, -0.05) is 43.9 Å². The van der Waals surface area contributed by atoms with Crippen LogP contribution in [0.15, 0.2) is 36.4 Å². The maximum absolute atomic E-state index is 13.8. The number of fused-ring (bicyclic) bond motifs is 1. The molecule has 0 aliphatic heterocycles. The number of amides is 1. The molecule has 0 radical (unpaired) electrons. The second-order valence-corrected chi connectivity index (χ2v) is 7.84. The van der Waals surface area contributed by atoms with Crippen LogP contribution < -0.4 is 5.32 Å². The topological polar surface area (TPSA) is 29.1 Å². The van der Waals surface area contributed by atoms with E-state index in [0.717, 1.165) is 25.7 Å². The predicted octanol–water partition coefficient (Wildman–Crippen LogP) is 6.00. The van der Waals surface area contributed by atoms with E-state index in [1.807, 2.05) is 0 Å². The molecule has 0 saturated heterocycles. The third kappa shape index (κ3) is 4.99. The Kier molecular flexibility index (Phi) is 5.45. The van der Waals surface area contributed by atoms with E-state index in [4.69, 9.17) is 0 Å². The summed E-state index contributed by atoms with van der Waals surface area (Å²) < 4.78 is 53.2. The zero-order valence-electron chi connectivity index (χ0n) is 15.2. The molecule has 1 aliphatic carbocycles. The summed E-state index contributed by atoms with van der Waals surface area (Å²) in [4.78, 5) is 12.7. The third-order valence-corrected chi connectivity index (χ3v) is 5.31. The molecule has 27 heavy (non-hydrogen) atoms. The van der Waals surface area contributed by atoms with Gasteiger partial charge >= 0.3 is 6.18 Å². The lowest BCUT2D eigenvalue weighted by molar-refractivity contribution is -0.149. The molecule has 1 amide bonds. The Morgan fingerprint density at radius 2 is 1.85 bits per heavy atom. The number of carbonyl (C=O) groups excluding carboxylic acids is 1. The van der Waals surface area contributed by atoms with Crippen LogP contribution in [0, 0.1) is 11.7 Å². The fraction of sp³-hybridized carbons (Fsp3) is 0.476. The van der Waals surface area contributed by atoms with E-state index in [1.54, 1.807) is 6.07 Å². The standard InChI is InChI=1S/C21H23F4NO/c1-20(13-21(23,24)25,12-14-5-2-3-6-14)26-19(27)16-9-10-17-15(11-16)7-4-8-18(17)22/h4,7-11,14H,2-3,5-6,12-13H2,1H3,(H,26,27). The molecule has 1 N–H and O–H groups in total. The van der Waals surface area contributed by atoms with Gasteiger partial charge in [0.15, 0.2) is 0 Å². The zero-order chi connectivity index (χ0) is 19.7. The molecule has 146 valence electrons. The third-order valence-electron chi connectivity index (χ3n) is 5.31. The van der Waals surface area contributed by atoms with Crippen molar-refractivity contribution in [3.8, 4) is 0 Å². The van der Waals surface area contributed by atoms with Crippen LogP contribution in [0.4, 0.5) is 17.6 Å². The summed E-state index contributed by atoms with van der Waals surface area (Å²) in [6, 6.07) is 8.97.